The number of ketones is 1. The number of Topliss-reactive ketones (excluding diaryl/α,β-unsaturated/α-hetero) is 1. The molecule has 0 aliphatic carbocycles. The quantitative estimate of drug-likeness (QED) is 0.815. The van der Waals surface area contributed by atoms with Crippen molar-refractivity contribution in [3.05, 3.63) is 53.6 Å². The number of hydrogen-bond donors (Lipinski definition) is 0. The van der Waals surface area contributed by atoms with Crippen LogP contribution in [0.3, 0.4) is 0 Å². The third kappa shape index (κ3) is 2.97. The summed E-state index contributed by atoms with van der Waals surface area (Å²) >= 11 is 0. The average molecular weight is 302 g/mol. The van der Waals surface area contributed by atoms with Crippen molar-refractivity contribution in [3.8, 4) is 11.5 Å². The highest BCUT2D eigenvalue weighted by molar-refractivity contribution is 7.85. The zero-order chi connectivity index (χ0) is 14.8. The molecule has 21 heavy (non-hydrogen) atoms. The first-order valence-corrected chi connectivity index (χ1v) is 7.83. The van der Waals surface area contributed by atoms with Crippen LogP contribution in [0.15, 0.2) is 47.4 Å². The van der Waals surface area contributed by atoms with Crippen molar-refractivity contribution >= 4 is 16.6 Å². The predicted molar refractivity (Wildman–Crippen MR) is 79.3 cm³/mol. The Labute approximate surface area is 125 Å². The topological polar surface area (TPSA) is 52.6 Å². The summed E-state index contributed by atoms with van der Waals surface area (Å²) in [5, 5.41) is 0. The maximum atomic E-state index is 12.2. The van der Waals surface area contributed by atoms with Crippen LogP contribution in [0.1, 0.15) is 15.9 Å². The minimum absolute atomic E-state index is 0.0386. The summed E-state index contributed by atoms with van der Waals surface area (Å²) in [7, 11) is -1.34. The van der Waals surface area contributed by atoms with Gasteiger partial charge in [-0.05, 0) is 42.8 Å². The van der Waals surface area contributed by atoms with E-state index in [0.29, 0.717) is 22.0 Å². The number of rotatable bonds is 4. The summed E-state index contributed by atoms with van der Waals surface area (Å²) in [6, 6.07) is 12.4. The van der Waals surface area contributed by atoms with Crippen LogP contribution < -0.4 is 9.47 Å². The number of ether oxygens (including phenoxy) is 2. The van der Waals surface area contributed by atoms with Crippen LogP contribution in [-0.4, -0.2) is 22.5 Å². The Bertz CT molecular complexity index is 724. The van der Waals surface area contributed by atoms with Gasteiger partial charge in [-0.1, -0.05) is 12.1 Å². The second kappa shape index (κ2) is 5.69. The van der Waals surface area contributed by atoms with Crippen LogP contribution in [0.25, 0.3) is 0 Å². The largest absolute Gasteiger partial charge is 0.454 e. The Balaban J connectivity index is 1.76. The molecule has 5 heteroatoms. The Hall–Kier alpha value is -2.14. The van der Waals surface area contributed by atoms with E-state index in [-0.39, 0.29) is 18.3 Å². The first-order valence-electron chi connectivity index (χ1n) is 6.51. The lowest BCUT2D eigenvalue weighted by Gasteiger charge is -2.04. The fourth-order valence-corrected chi connectivity index (χ4v) is 3.23. The van der Waals surface area contributed by atoms with Gasteiger partial charge >= 0.3 is 0 Å². The Morgan fingerprint density at radius 3 is 2.76 bits per heavy atom. The second-order valence-corrected chi connectivity index (χ2v) is 6.25. The van der Waals surface area contributed by atoms with E-state index in [2.05, 4.69) is 0 Å². The van der Waals surface area contributed by atoms with Gasteiger partial charge in [-0.3, -0.25) is 9.00 Å². The minimum Gasteiger partial charge on any atom is -0.454 e. The van der Waals surface area contributed by atoms with Crippen LogP contribution in [0, 0.1) is 6.92 Å². The molecule has 4 nitrogen and oxygen atoms in total. The van der Waals surface area contributed by atoms with E-state index in [9.17, 15) is 9.00 Å². The Morgan fingerprint density at radius 1 is 1.14 bits per heavy atom. The minimum atomic E-state index is -1.34. The van der Waals surface area contributed by atoms with Crippen LogP contribution >= 0.6 is 0 Å². The predicted octanol–water partition coefficient (Wildman–Crippen LogP) is 2.71. The van der Waals surface area contributed by atoms with E-state index < -0.39 is 10.8 Å². The molecule has 0 bridgehead atoms. The van der Waals surface area contributed by atoms with Gasteiger partial charge < -0.3 is 9.47 Å². The van der Waals surface area contributed by atoms with Gasteiger partial charge in [0, 0.05) is 10.5 Å². The molecule has 2 aromatic carbocycles. The van der Waals surface area contributed by atoms with Crippen molar-refractivity contribution in [2.24, 2.45) is 0 Å². The van der Waals surface area contributed by atoms with Gasteiger partial charge in [0.1, 0.15) is 0 Å². The Morgan fingerprint density at radius 2 is 1.95 bits per heavy atom. The first-order chi connectivity index (χ1) is 10.1. The molecule has 1 heterocycles. The molecule has 1 atom stereocenters. The van der Waals surface area contributed by atoms with Crippen LogP contribution in [-0.2, 0) is 10.8 Å². The fourth-order valence-electron chi connectivity index (χ4n) is 2.11. The first kappa shape index (κ1) is 13.8. The Kier molecular flexibility index (Phi) is 3.75. The lowest BCUT2D eigenvalue weighted by atomic mass is 10.1. The highest BCUT2D eigenvalue weighted by atomic mass is 32.2. The smallest absolute Gasteiger partial charge is 0.231 e. The van der Waals surface area contributed by atoms with Crippen molar-refractivity contribution in [3.63, 3.8) is 0 Å². The maximum Gasteiger partial charge on any atom is 0.231 e. The molecule has 3 rings (SSSR count). The molecule has 0 radical (unpaired) electrons. The van der Waals surface area contributed by atoms with Gasteiger partial charge in [0.25, 0.3) is 0 Å². The molecular weight excluding hydrogens is 288 g/mol. The van der Waals surface area contributed by atoms with Crippen molar-refractivity contribution in [1.29, 1.82) is 0 Å². The number of carbonyl (C=O) groups excluding carboxylic acids is 1. The summed E-state index contributed by atoms with van der Waals surface area (Å²) in [5.41, 5.74) is 1.51. The molecule has 0 amide bonds. The second-order valence-electron chi connectivity index (χ2n) is 4.80. The van der Waals surface area contributed by atoms with Crippen LogP contribution in [0.4, 0.5) is 0 Å². The zero-order valence-electron chi connectivity index (χ0n) is 11.5. The molecule has 0 saturated heterocycles. The number of aryl methyl sites for hydroxylation is 1. The van der Waals surface area contributed by atoms with E-state index in [1.165, 1.54) is 0 Å². The molecule has 1 aliphatic heterocycles. The van der Waals surface area contributed by atoms with Crippen molar-refractivity contribution in [1.82, 2.24) is 0 Å². The standard InChI is InChI=1S/C16H14O4S/c1-11-3-2-4-13(7-11)21(18)9-14(17)12-5-6-15-16(8-12)20-10-19-15/h2-8H,9-10H2,1H3. The van der Waals surface area contributed by atoms with Gasteiger partial charge in [-0.25, -0.2) is 0 Å². The van der Waals surface area contributed by atoms with Gasteiger partial charge in [-0.15, -0.1) is 0 Å². The van der Waals surface area contributed by atoms with Crippen LogP contribution in [0.2, 0.25) is 0 Å². The van der Waals surface area contributed by atoms with Crippen LogP contribution in [0.5, 0.6) is 11.5 Å². The molecular formula is C16H14O4S. The van der Waals surface area contributed by atoms with E-state index in [0.717, 1.165) is 5.56 Å². The number of fused-ring (bicyclic) bond motifs is 1. The SMILES string of the molecule is Cc1cccc(S(=O)CC(=O)c2ccc3c(c2)OCO3)c1. The van der Waals surface area contributed by atoms with Gasteiger partial charge in [0.15, 0.2) is 17.3 Å². The average Bonchev–Trinajstić information content (AvgIpc) is 2.94. The summed E-state index contributed by atoms with van der Waals surface area (Å²) in [6.07, 6.45) is 0. The molecule has 108 valence electrons. The van der Waals surface area contributed by atoms with Crippen molar-refractivity contribution < 1.29 is 18.5 Å². The summed E-state index contributed by atoms with van der Waals surface area (Å²) in [5.74, 6) is 0.977. The van der Waals surface area contributed by atoms with Gasteiger partial charge in [-0.2, -0.15) is 0 Å². The van der Waals surface area contributed by atoms with Crippen molar-refractivity contribution in [2.45, 2.75) is 11.8 Å². The number of carbonyl (C=O) groups is 1. The lowest BCUT2D eigenvalue weighted by Crippen LogP contribution is -2.11. The molecule has 0 saturated carbocycles. The number of hydrogen-bond acceptors (Lipinski definition) is 4. The molecule has 0 N–H and O–H groups in total. The summed E-state index contributed by atoms with van der Waals surface area (Å²) < 4.78 is 22.7. The highest BCUT2D eigenvalue weighted by Crippen LogP contribution is 2.32. The van der Waals surface area contributed by atoms with Crippen molar-refractivity contribution in [2.75, 3.05) is 12.5 Å². The third-order valence-corrected chi connectivity index (χ3v) is 4.51. The zero-order valence-corrected chi connectivity index (χ0v) is 12.3. The summed E-state index contributed by atoms with van der Waals surface area (Å²) in [4.78, 5) is 12.9. The fraction of sp³-hybridized carbons (Fsp3) is 0.188. The van der Waals surface area contributed by atoms with E-state index >= 15 is 0 Å². The molecule has 0 spiro atoms. The number of benzene rings is 2. The normalized spacial score (nSPS) is 14.0. The molecule has 0 fully saturated rings. The summed E-state index contributed by atoms with van der Waals surface area (Å²) in [6.45, 7) is 2.10. The van der Waals surface area contributed by atoms with Gasteiger partial charge in [0.2, 0.25) is 6.79 Å². The maximum absolute atomic E-state index is 12.2. The highest BCUT2D eigenvalue weighted by Gasteiger charge is 2.18. The monoisotopic (exact) mass is 302 g/mol. The molecule has 1 aliphatic rings. The molecule has 0 aromatic heterocycles. The molecule has 2 aromatic rings. The third-order valence-electron chi connectivity index (χ3n) is 3.21. The van der Waals surface area contributed by atoms with E-state index in [4.69, 9.17) is 9.47 Å². The lowest BCUT2D eigenvalue weighted by molar-refractivity contribution is 0.102. The van der Waals surface area contributed by atoms with E-state index in [1.54, 1.807) is 24.3 Å². The van der Waals surface area contributed by atoms with E-state index in [1.807, 2.05) is 25.1 Å². The van der Waals surface area contributed by atoms with Gasteiger partial charge in [0.05, 0.1) is 16.6 Å². The molecule has 1 unspecified atom stereocenters.